The molecule has 0 N–H and O–H groups in total. The average molecular weight is 585 g/mol. The van der Waals surface area contributed by atoms with Crippen molar-refractivity contribution in [1.29, 1.82) is 5.26 Å². The van der Waals surface area contributed by atoms with Gasteiger partial charge in [-0.05, 0) is 40.8 Å². The van der Waals surface area contributed by atoms with Gasteiger partial charge in [-0.1, -0.05) is 20.8 Å². The van der Waals surface area contributed by atoms with E-state index in [1.54, 1.807) is 0 Å². The first-order valence-electron chi connectivity index (χ1n) is 9.79. The summed E-state index contributed by atoms with van der Waals surface area (Å²) in [5.74, 6) is -0.416. The van der Waals surface area contributed by atoms with Crippen LogP contribution >= 0.6 is 22.6 Å². The van der Waals surface area contributed by atoms with Crippen LogP contribution in [0.1, 0.15) is 43.4 Å². The highest BCUT2D eigenvalue weighted by Gasteiger charge is 2.39. The summed E-state index contributed by atoms with van der Waals surface area (Å²) in [6.45, 7) is 5.54. The van der Waals surface area contributed by atoms with E-state index in [1.807, 2.05) is 49.4 Å². The Morgan fingerprint density at radius 3 is 2.47 bits per heavy atom. The number of hydrogen-bond acceptors (Lipinski definition) is 7. The molecule has 3 aromatic rings. The van der Waals surface area contributed by atoms with E-state index in [2.05, 4.69) is 15.0 Å². The number of hydrogen-bond donors (Lipinski definition) is 0. The molecular formula is C22H19F3IN5O3. The molecule has 2 heterocycles. The molecule has 0 spiro atoms. The van der Waals surface area contributed by atoms with Gasteiger partial charge < -0.3 is 9.47 Å². The molecule has 0 saturated heterocycles. The van der Waals surface area contributed by atoms with Gasteiger partial charge in [0.25, 0.3) is 5.56 Å². The number of ether oxygens (including phenoxy) is 2. The molecule has 0 radical (unpaired) electrons. The zero-order valence-electron chi connectivity index (χ0n) is 18.6. The Morgan fingerprint density at radius 1 is 1.18 bits per heavy atom. The minimum absolute atomic E-state index is 0.0963. The third-order valence-corrected chi connectivity index (χ3v) is 5.14. The predicted octanol–water partition coefficient (Wildman–Crippen LogP) is 4.68. The molecule has 1 aromatic carbocycles. The lowest BCUT2D eigenvalue weighted by Gasteiger charge is -2.19. The molecule has 8 nitrogen and oxygen atoms in total. The van der Waals surface area contributed by atoms with Crippen molar-refractivity contribution in [2.45, 2.75) is 38.9 Å². The lowest BCUT2D eigenvalue weighted by atomic mass is 9.96. The van der Waals surface area contributed by atoms with Gasteiger partial charge in [-0.2, -0.15) is 23.4 Å². The molecule has 0 aliphatic heterocycles. The summed E-state index contributed by atoms with van der Waals surface area (Å²) >= 11 is 1.89. The van der Waals surface area contributed by atoms with E-state index in [1.165, 1.54) is 31.5 Å². The van der Waals surface area contributed by atoms with Crippen molar-refractivity contribution in [3.8, 4) is 23.4 Å². The normalized spacial score (nSPS) is 11.7. The SMILES string of the molecule is COc1nc(C(C)(C)C)ncc1Cn1cnc(C(F)(F)F)c(Oc2cc(I)cc(C#N)c2)c1=O. The molecule has 2 aromatic heterocycles. The second kappa shape index (κ2) is 9.57. The van der Waals surface area contributed by atoms with Crippen molar-refractivity contribution in [2.24, 2.45) is 0 Å². The van der Waals surface area contributed by atoms with Gasteiger partial charge in [-0.15, -0.1) is 0 Å². The third kappa shape index (κ3) is 5.64. The van der Waals surface area contributed by atoms with Gasteiger partial charge >= 0.3 is 6.18 Å². The Morgan fingerprint density at radius 2 is 1.88 bits per heavy atom. The van der Waals surface area contributed by atoms with Crippen LogP contribution in [-0.2, 0) is 18.1 Å². The standard InChI is InChI=1S/C22H19F3IN5O3/c1-21(2,3)20-28-9-13(18(30-20)33-4)10-31-11-29-17(22(23,24)25)16(19(31)32)34-15-6-12(8-27)5-14(26)7-15/h5-7,9,11H,10H2,1-4H3. The lowest BCUT2D eigenvalue weighted by molar-refractivity contribution is -0.142. The molecule has 0 aliphatic carbocycles. The third-order valence-electron chi connectivity index (χ3n) is 4.51. The molecule has 3 rings (SSSR count). The Kier molecular flexibility index (Phi) is 7.15. The molecule has 0 saturated carbocycles. The van der Waals surface area contributed by atoms with Gasteiger partial charge in [0, 0.05) is 15.2 Å². The summed E-state index contributed by atoms with van der Waals surface area (Å²) in [5.41, 5.74) is -2.37. The minimum atomic E-state index is -4.94. The Labute approximate surface area is 206 Å². The highest BCUT2D eigenvalue weighted by Crippen LogP contribution is 2.35. The van der Waals surface area contributed by atoms with E-state index in [-0.39, 0.29) is 29.2 Å². The topological polar surface area (TPSA) is 103 Å². The van der Waals surface area contributed by atoms with Crippen molar-refractivity contribution >= 4 is 22.6 Å². The molecule has 0 aliphatic rings. The Hall–Kier alpha value is -3.21. The maximum atomic E-state index is 13.6. The van der Waals surface area contributed by atoms with Crippen LogP contribution in [0.15, 0.2) is 35.5 Å². The highest BCUT2D eigenvalue weighted by atomic mass is 127. The quantitative estimate of drug-likeness (QED) is 0.401. The fraction of sp³-hybridized carbons (Fsp3) is 0.318. The lowest BCUT2D eigenvalue weighted by Crippen LogP contribution is -2.27. The van der Waals surface area contributed by atoms with E-state index in [4.69, 9.17) is 14.7 Å². The highest BCUT2D eigenvalue weighted by molar-refractivity contribution is 14.1. The smallest absolute Gasteiger partial charge is 0.437 e. The van der Waals surface area contributed by atoms with Gasteiger partial charge in [0.2, 0.25) is 11.6 Å². The van der Waals surface area contributed by atoms with Gasteiger partial charge in [0.1, 0.15) is 11.6 Å². The molecule has 0 fully saturated rings. The van der Waals surface area contributed by atoms with Crippen LogP contribution in [0.25, 0.3) is 0 Å². The first kappa shape index (κ1) is 25.4. The Balaban J connectivity index is 2.09. The zero-order valence-corrected chi connectivity index (χ0v) is 20.7. The molecule has 0 unspecified atom stereocenters. The molecule has 178 valence electrons. The number of methoxy groups -OCH3 is 1. The summed E-state index contributed by atoms with van der Waals surface area (Å²) in [7, 11) is 1.39. The molecule has 0 amide bonds. The number of aromatic nitrogens is 4. The van der Waals surface area contributed by atoms with Crippen LogP contribution in [0.4, 0.5) is 13.2 Å². The maximum absolute atomic E-state index is 13.6. The first-order valence-corrected chi connectivity index (χ1v) is 10.9. The van der Waals surface area contributed by atoms with Crippen molar-refractivity contribution in [3.63, 3.8) is 0 Å². The van der Waals surface area contributed by atoms with Crippen molar-refractivity contribution in [2.75, 3.05) is 7.11 Å². The summed E-state index contributed by atoms with van der Waals surface area (Å²) in [5, 5.41) is 9.13. The number of nitrogens with zero attached hydrogens (tertiary/aromatic N) is 5. The number of halogens is 4. The largest absolute Gasteiger partial charge is 0.481 e. The van der Waals surface area contributed by atoms with Crippen LogP contribution in [0.2, 0.25) is 0 Å². The van der Waals surface area contributed by atoms with E-state index < -0.39 is 23.2 Å². The molecule has 0 bridgehead atoms. The Bertz CT molecular complexity index is 1330. The summed E-state index contributed by atoms with van der Waals surface area (Å²) in [4.78, 5) is 25.1. The summed E-state index contributed by atoms with van der Waals surface area (Å²) in [6.07, 6.45) is -2.71. The maximum Gasteiger partial charge on any atom is 0.437 e. The number of alkyl halides is 3. The average Bonchev–Trinajstić information content (AvgIpc) is 2.74. The van der Waals surface area contributed by atoms with Crippen molar-refractivity contribution in [3.05, 3.63) is 67.3 Å². The second-order valence-electron chi connectivity index (χ2n) is 8.22. The number of benzene rings is 1. The van der Waals surface area contributed by atoms with Crippen LogP contribution in [0.3, 0.4) is 0 Å². The summed E-state index contributed by atoms with van der Waals surface area (Å²) in [6, 6.07) is 6.05. The fourth-order valence-electron chi connectivity index (χ4n) is 2.90. The van der Waals surface area contributed by atoms with Gasteiger partial charge in [0.05, 0.1) is 37.2 Å². The molecule has 34 heavy (non-hydrogen) atoms. The summed E-state index contributed by atoms with van der Waals surface area (Å²) < 4.78 is 53.0. The van der Waals surface area contributed by atoms with E-state index in [0.29, 0.717) is 15.0 Å². The van der Waals surface area contributed by atoms with Gasteiger partial charge in [-0.25, -0.2) is 9.97 Å². The molecule has 12 heteroatoms. The van der Waals surface area contributed by atoms with Crippen LogP contribution in [-0.4, -0.2) is 26.6 Å². The van der Waals surface area contributed by atoms with Crippen molar-refractivity contribution < 1.29 is 22.6 Å². The van der Waals surface area contributed by atoms with Gasteiger partial charge in [0.15, 0.2) is 5.69 Å². The van der Waals surface area contributed by atoms with Crippen LogP contribution < -0.4 is 15.0 Å². The van der Waals surface area contributed by atoms with E-state index >= 15 is 0 Å². The fourth-order valence-corrected chi connectivity index (χ4v) is 3.54. The zero-order chi connectivity index (χ0) is 25.3. The molecule has 0 atom stereocenters. The predicted molar refractivity (Wildman–Crippen MR) is 124 cm³/mol. The first-order chi connectivity index (χ1) is 15.8. The number of rotatable bonds is 5. The molecular weight excluding hydrogens is 566 g/mol. The van der Waals surface area contributed by atoms with E-state index in [0.717, 1.165) is 10.9 Å². The second-order valence-corrected chi connectivity index (χ2v) is 9.47. The van der Waals surface area contributed by atoms with Gasteiger partial charge in [-0.3, -0.25) is 9.36 Å². The number of nitriles is 1. The van der Waals surface area contributed by atoms with Crippen LogP contribution in [0.5, 0.6) is 17.4 Å². The minimum Gasteiger partial charge on any atom is -0.481 e. The van der Waals surface area contributed by atoms with E-state index in [9.17, 15) is 18.0 Å². The monoisotopic (exact) mass is 585 g/mol. The van der Waals surface area contributed by atoms with Crippen molar-refractivity contribution in [1.82, 2.24) is 19.5 Å². The van der Waals surface area contributed by atoms with Crippen LogP contribution in [0, 0.1) is 14.9 Å².